The lowest BCUT2D eigenvalue weighted by atomic mass is 10.2. The van der Waals surface area contributed by atoms with Crippen LogP contribution in [0.25, 0.3) is 11.5 Å². The fourth-order valence-electron chi connectivity index (χ4n) is 2.49. The van der Waals surface area contributed by atoms with Gasteiger partial charge in [0, 0.05) is 19.1 Å². The summed E-state index contributed by atoms with van der Waals surface area (Å²) in [6.07, 6.45) is 0.113. The highest BCUT2D eigenvalue weighted by atomic mass is 127. The molecular weight excluding hydrogens is 475 g/mol. The summed E-state index contributed by atoms with van der Waals surface area (Å²) in [5.74, 6) is 2.59. The number of rotatable bonds is 7. The summed E-state index contributed by atoms with van der Waals surface area (Å²) in [7, 11) is 0. The number of hydrogen-bond donors (Lipinski definition) is 1. The molecule has 0 aliphatic carbocycles. The predicted molar refractivity (Wildman–Crippen MR) is 112 cm³/mol. The van der Waals surface area contributed by atoms with Gasteiger partial charge in [0.15, 0.2) is 11.5 Å². The Hall–Kier alpha value is -2.49. The van der Waals surface area contributed by atoms with E-state index in [9.17, 15) is 4.79 Å². The number of aromatic nitrogens is 1. The van der Waals surface area contributed by atoms with E-state index in [4.69, 9.17) is 18.4 Å². The van der Waals surface area contributed by atoms with Crippen molar-refractivity contribution in [2.75, 3.05) is 0 Å². The van der Waals surface area contributed by atoms with Crippen molar-refractivity contribution in [3.63, 3.8) is 0 Å². The fourth-order valence-corrected chi connectivity index (χ4v) is 3.13. The van der Waals surface area contributed by atoms with E-state index in [0.29, 0.717) is 28.9 Å². The van der Waals surface area contributed by atoms with Gasteiger partial charge in [-0.15, -0.1) is 0 Å². The maximum absolute atomic E-state index is 11.3. The number of halogens is 1. The van der Waals surface area contributed by atoms with E-state index >= 15 is 0 Å². The molecule has 0 saturated carbocycles. The lowest BCUT2D eigenvalue weighted by Gasteiger charge is -2.19. The zero-order valence-corrected chi connectivity index (χ0v) is 18.1. The Morgan fingerprint density at radius 1 is 1.18 bits per heavy atom. The van der Waals surface area contributed by atoms with Crippen molar-refractivity contribution in [2.45, 2.75) is 37.3 Å². The average molecular weight is 496 g/mol. The van der Waals surface area contributed by atoms with Gasteiger partial charge >= 0.3 is 0 Å². The largest absolute Gasteiger partial charge is 0.491 e. The van der Waals surface area contributed by atoms with Crippen LogP contribution in [-0.4, -0.2) is 17.2 Å². The summed E-state index contributed by atoms with van der Waals surface area (Å²) >= 11 is 2.09. The average Bonchev–Trinajstić information content (AvgIpc) is 3.24. The third kappa shape index (κ3) is 5.06. The molecule has 0 fully saturated rings. The third-order valence-corrected chi connectivity index (χ3v) is 4.43. The maximum Gasteiger partial charge on any atom is 0.290 e. The van der Waals surface area contributed by atoms with Crippen LogP contribution in [0.3, 0.4) is 0 Å². The Kier molecular flexibility index (Phi) is 5.97. The van der Waals surface area contributed by atoms with Crippen molar-refractivity contribution in [3.05, 3.63) is 48.2 Å². The Bertz CT molecular complexity index is 944. The van der Waals surface area contributed by atoms with E-state index in [-0.39, 0.29) is 12.0 Å². The number of alkyl halides is 1. The molecule has 0 aliphatic rings. The summed E-state index contributed by atoms with van der Waals surface area (Å²) in [5, 5.41) is 6.83. The molecule has 0 saturated heterocycles. The molecule has 1 aromatic carbocycles. The number of ether oxygens (including phenoxy) is 2. The molecule has 8 heteroatoms. The first-order valence-corrected chi connectivity index (χ1v) is 9.80. The Balaban J connectivity index is 1.70. The van der Waals surface area contributed by atoms with Crippen LogP contribution in [-0.2, 0) is 8.34 Å². The molecule has 0 spiro atoms. The van der Waals surface area contributed by atoms with Crippen LogP contribution >= 0.6 is 22.6 Å². The first kappa shape index (κ1) is 20.2. The molecule has 0 bridgehead atoms. The summed E-state index contributed by atoms with van der Waals surface area (Å²) in [4.78, 5) is 11.3. The minimum atomic E-state index is -0.708. The second-order valence-corrected chi connectivity index (χ2v) is 8.78. The van der Waals surface area contributed by atoms with Crippen molar-refractivity contribution in [1.82, 2.24) is 10.5 Å². The lowest BCUT2D eigenvalue weighted by Crippen LogP contribution is -2.36. The van der Waals surface area contributed by atoms with Crippen LogP contribution in [0.4, 0.5) is 0 Å². The highest BCUT2D eigenvalue weighted by Crippen LogP contribution is 2.34. The number of nitrogens with zero attached hydrogens (tertiary/aromatic N) is 1. The van der Waals surface area contributed by atoms with Gasteiger partial charge in [-0.3, -0.25) is 4.79 Å². The van der Waals surface area contributed by atoms with E-state index in [2.05, 4.69) is 33.1 Å². The summed E-state index contributed by atoms with van der Waals surface area (Å²) in [5.41, 5.74) is 0.513. The summed E-state index contributed by atoms with van der Waals surface area (Å²) in [6.45, 7) is 7.22. The monoisotopic (exact) mass is 496 g/mol. The van der Waals surface area contributed by atoms with Gasteiger partial charge in [-0.1, -0.05) is 5.16 Å². The van der Waals surface area contributed by atoms with Crippen molar-refractivity contribution in [2.24, 2.45) is 0 Å². The van der Waals surface area contributed by atoms with Gasteiger partial charge in [-0.25, -0.2) is 0 Å². The van der Waals surface area contributed by atoms with Gasteiger partial charge in [0.1, 0.15) is 20.7 Å². The predicted octanol–water partition coefficient (Wildman–Crippen LogP) is 5.26. The van der Waals surface area contributed by atoms with Crippen molar-refractivity contribution < 1.29 is 23.2 Å². The van der Waals surface area contributed by atoms with Gasteiger partial charge < -0.3 is 23.7 Å². The molecule has 1 N–H and O–H groups in total. The van der Waals surface area contributed by atoms with Crippen molar-refractivity contribution in [1.29, 1.82) is 0 Å². The minimum Gasteiger partial charge on any atom is -0.491 e. The lowest BCUT2D eigenvalue weighted by molar-refractivity contribution is -0.119. The molecule has 3 rings (SSSR count). The molecule has 148 valence electrons. The number of furan rings is 1. The Morgan fingerprint density at radius 3 is 2.50 bits per heavy atom. The van der Waals surface area contributed by atoms with Gasteiger partial charge in [-0.05, 0) is 73.7 Å². The van der Waals surface area contributed by atoms with Gasteiger partial charge in [0.2, 0.25) is 5.91 Å². The maximum atomic E-state index is 11.3. The van der Waals surface area contributed by atoms with Crippen LogP contribution in [0.15, 0.2) is 51.4 Å². The van der Waals surface area contributed by atoms with E-state index in [0.717, 1.165) is 5.75 Å². The molecule has 0 radical (unpaired) electrons. The van der Waals surface area contributed by atoms with E-state index in [1.807, 2.05) is 45.0 Å². The second-order valence-electron chi connectivity index (χ2n) is 6.62. The number of carbonyl (C=O) groups is 1. The van der Waals surface area contributed by atoms with E-state index in [1.165, 1.54) is 6.92 Å². The van der Waals surface area contributed by atoms with Gasteiger partial charge in [0.05, 0.1) is 6.10 Å². The summed E-state index contributed by atoms with van der Waals surface area (Å²) < 4.78 is 21.7. The number of nitrogens with one attached hydrogen (secondary N) is 1. The first-order valence-electron chi connectivity index (χ1n) is 8.72. The molecule has 1 amide bonds. The van der Waals surface area contributed by atoms with E-state index < -0.39 is 3.55 Å². The topological polar surface area (TPSA) is 86.7 Å². The number of carbonyl (C=O) groups excluding carboxylic acids is 1. The van der Waals surface area contributed by atoms with Gasteiger partial charge in [-0.2, -0.15) is 0 Å². The smallest absolute Gasteiger partial charge is 0.290 e. The highest BCUT2D eigenvalue weighted by Gasteiger charge is 2.29. The fraction of sp³-hybridized carbons (Fsp3) is 0.300. The molecule has 1 atom stereocenters. The molecule has 3 aromatic rings. The zero-order valence-electron chi connectivity index (χ0n) is 16.0. The standard InChI is InChI=1S/C20H21IN2O5/c1-12(2)25-14-5-7-15(8-6-14)26-19-10-9-17(27-19)16-11-18(28-23-16)20(4,21)22-13(3)24/h5-12H,1-4H3,(H,22,24). The summed E-state index contributed by atoms with van der Waals surface area (Å²) in [6, 6.07) is 12.5. The van der Waals surface area contributed by atoms with Crippen LogP contribution in [0.2, 0.25) is 0 Å². The number of hydrogen-bond acceptors (Lipinski definition) is 6. The van der Waals surface area contributed by atoms with E-state index in [1.54, 1.807) is 18.2 Å². The quantitative estimate of drug-likeness (QED) is 0.273. The third-order valence-electron chi connectivity index (χ3n) is 3.63. The highest BCUT2D eigenvalue weighted by molar-refractivity contribution is 14.1. The minimum absolute atomic E-state index is 0.113. The molecule has 1 unspecified atom stereocenters. The number of amides is 1. The molecule has 2 aromatic heterocycles. The second kappa shape index (κ2) is 8.26. The van der Waals surface area contributed by atoms with Crippen LogP contribution in [0.5, 0.6) is 17.4 Å². The van der Waals surface area contributed by atoms with Crippen LogP contribution < -0.4 is 14.8 Å². The molecule has 7 nitrogen and oxygen atoms in total. The van der Waals surface area contributed by atoms with Crippen LogP contribution in [0, 0.1) is 0 Å². The Morgan fingerprint density at radius 2 is 1.86 bits per heavy atom. The normalized spacial score (nSPS) is 13.2. The molecule has 2 heterocycles. The van der Waals surface area contributed by atoms with Crippen molar-refractivity contribution in [3.8, 4) is 28.9 Å². The number of benzene rings is 1. The van der Waals surface area contributed by atoms with Gasteiger partial charge in [0.25, 0.3) is 5.95 Å². The molecule has 28 heavy (non-hydrogen) atoms. The van der Waals surface area contributed by atoms with Crippen LogP contribution in [0.1, 0.15) is 33.5 Å². The Labute approximate surface area is 176 Å². The first-order chi connectivity index (χ1) is 13.2. The zero-order chi connectivity index (χ0) is 20.3. The molecule has 0 aliphatic heterocycles. The molecular formula is C20H21IN2O5. The SMILES string of the molecule is CC(=O)NC(C)(I)c1cc(-c2ccc(Oc3ccc(OC(C)C)cc3)o2)no1. The van der Waals surface area contributed by atoms with Crippen molar-refractivity contribution >= 4 is 28.5 Å².